The Bertz CT molecular complexity index is 692. The Morgan fingerprint density at radius 3 is 1.56 bits per heavy atom. The summed E-state index contributed by atoms with van der Waals surface area (Å²) in [4.78, 5) is 8.48. The number of aromatic nitrogens is 2. The van der Waals surface area contributed by atoms with Crippen LogP contribution in [0, 0.1) is 25.7 Å². The van der Waals surface area contributed by atoms with Gasteiger partial charge in [-0.15, -0.1) is 0 Å². The summed E-state index contributed by atoms with van der Waals surface area (Å²) in [5.74, 6) is 2.57. The molecule has 0 spiro atoms. The first-order valence-corrected chi connectivity index (χ1v) is 13.5. The van der Waals surface area contributed by atoms with Crippen molar-refractivity contribution in [3.63, 3.8) is 0 Å². The van der Waals surface area contributed by atoms with Gasteiger partial charge in [-0.25, -0.2) is 9.97 Å². The molecule has 2 saturated carbocycles. The van der Waals surface area contributed by atoms with Crippen molar-refractivity contribution in [3.05, 3.63) is 59.2 Å². The fourth-order valence-corrected chi connectivity index (χ4v) is 4.38. The van der Waals surface area contributed by atoms with Crippen molar-refractivity contribution < 1.29 is 9.47 Å². The van der Waals surface area contributed by atoms with Crippen LogP contribution in [0.3, 0.4) is 0 Å². The molecule has 0 radical (unpaired) electrons. The van der Waals surface area contributed by atoms with Gasteiger partial charge < -0.3 is 9.47 Å². The molecule has 34 heavy (non-hydrogen) atoms. The van der Waals surface area contributed by atoms with Crippen LogP contribution in [0.4, 0.5) is 0 Å². The molecule has 2 aliphatic carbocycles. The predicted molar refractivity (Wildman–Crippen MR) is 142 cm³/mol. The molecule has 2 fully saturated rings. The smallest absolute Gasteiger partial charge is 0.153 e. The minimum absolute atomic E-state index is 0.418. The van der Waals surface area contributed by atoms with Crippen LogP contribution < -0.4 is 0 Å². The Morgan fingerprint density at radius 1 is 0.647 bits per heavy atom. The highest BCUT2D eigenvalue weighted by Gasteiger charge is 2.19. The number of hydrogen-bond donors (Lipinski definition) is 0. The second kappa shape index (κ2) is 16.0. The third-order valence-corrected chi connectivity index (χ3v) is 6.81. The van der Waals surface area contributed by atoms with Crippen molar-refractivity contribution in [3.8, 4) is 0 Å². The SMILES string of the molecule is CC.Cc1ccc(COC2CCC(C)CC2)cc1.Cc1cnc(COC2CCC(C)CC2)nc1. The Balaban J connectivity index is 0.000000224. The third-order valence-electron chi connectivity index (χ3n) is 6.81. The van der Waals surface area contributed by atoms with E-state index >= 15 is 0 Å². The van der Waals surface area contributed by atoms with Crippen LogP contribution in [0.2, 0.25) is 0 Å². The Labute approximate surface area is 208 Å². The van der Waals surface area contributed by atoms with Crippen LogP contribution >= 0.6 is 0 Å². The van der Waals surface area contributed by atoms with Gasteiger partial charge in [0, 0.05) is 12.4 Å². The van der Waals surface area contributed by atoms with Gasteiger partial charge in [0.25, 0.3) is 0 Å². The Hall–Kier alpha value is -1.78. The van der Waals surface area contributed by atoms with Gasteiger partial charge in [0.15, 0.2) is 5.82 Å². The van der Waals surface area contributed by atoms with E-state index in [1.165, 1.54) is 62.5 Å². The molecule has 0 aliphatic heterocycles. The molecule has 4 nitrogen and oxygen atoms in total. The summed E-state index contributed by atoms with van der Waals surface area (Å²) in [5.41, 5.74) is 3.70. The Morgan fingerprint density at radius 2 is 1.09 bits per heavy atom. The van der Waals surface area contributed by atoms with Gasteiger partial charge in [-0.05, 0) is 88.2 Å². The molecule has 0 bridgehead atoms. The van der Waals surface area contributed by atoms with Gasteiger partial charge in [-0.3, -0.25) is 0 Å². The van der Waals surface area contributed by atoms with E-state index in [-0.39, 0.29) is 0 Å². The molecule has 2 aromatic rings. The van der Waals surface area contributed by atoms with E-state index in [9.17, 15) is 0 Å². The van der Waals surface area contributed by atoms with Crippen LogP contribution in [-0.2, 0) is 22.7 Å². The van der Waals surface area contributed by atoms with Crippen LogP contribution in [0.15, 0.2) is 36.7 Å². The normalized spacial score (nSPS) is 24.3. The lowest BCUT2D eigenvalue weighted by Crippen LogP contribution is -2.20. The summed E-state index contributed by atoms with van der Waals surface area (Å²) in [7, 11) is 0. The lowest BCUT2D eigenvalue weighted by atomic mass is 9.89. The molecule has 190 valence electrons. The van der Waals surface area contributed by atoms with E-state index in [4.69, 9.17) is 9.47 Å². The number of ether oxygens (including phenoxy) is 2. The van der Waals surface area contributed by atoms with Crippen molar-refractivity contribution in [2.24, 2.45) is 11.8 Å². The molecule has 1 aromatic heterocycles. The largest absolute Gasteiger partial charge is 0.374 e. The zero-order valence-electron chi connectivity index (χ0n) is 22.6. The summed E-state index contributed by atoms with van der Waals surface area (Å²) in [5, 5.41) is 0. The molecular weight excluding hydrogens is 420 g/mol. The van der Waals surface area contributed by atoms with Crippen LogP contribution in [0.1, 0.15) is 102 Å². The third kappa shape index (κ3) is 11.1. The highest BCUT2D eigenvalue weighted by atomic mass is 16.5. The Kier molecular flexibility index (Phi) is 13.4. The topological polar surface area (TPSA) is 44.2 Å². The minimum atomic E-state index is 0.418. The molecule has 0 atom stereocenters. The fraction of sp³-hybridized carbons (Fsp3) is 0.667. The van der Waals surface area contributed by atoms with Gasteiger partial charge in [0.05, 0.1) is 18.8 Å². The summed E-state index contributed by atoms with van der Waals surface area (Å²) >= 11 is 0. The number of nitrogens with zero attached hydrogens (tertiary/aromatic N) is 2. The highest BCUT2D eigenvalue weighted by Crippen LogP contribution is 2.27. The second-order valence-electron chi connectivity index (χ2n) is 10.0. The molecule has 0 unspecified atom stereocenters. The predicted octanol–water partition coefficient (Wildman–Crippen LogP) is 8.00. The average Bonchev–Trinajstić information content (AvgIpc) is 2.87. The fourth-order valence-electron chi connectivity index (χ4n) is 4.38. The summed E-state index contributed by atoms with van der Waals surface area (Å²) < 4.78 is 11.8. The van der Waals surface area contributed by atoms with E-state index in [1.54, 1.807) is 0 Å². The van der Waals surface area contributed by atoms with Crippen LogP contribution in [-0.4, -0.2) is 22.2 Å². The lowest BCUT2D eigenvalue weighted by Gasteiger charge is -2.26. The maximum atomic E-state index is 5.96. The molecule has 0 N–H and O–H groups in total. The van der Waals surface area contributed by atoms with Gasteiger partial charge in [0.2, 0.25) is 0 Å². The van der Waals surface area contributed by atoms with Gasteiger partial charge in [-0.2, -0.15) is 0 Å². The molecule has 0 amide bonds. The van der Waals surface area contributed by atoms with E-state index in [0.717, 1.165) is 29.8 Å². The summed E-state index contributed by atoms with van der Waals surface area (Å²) in [6, 6.07) is 8.64. The first kappa shape index (κ1) is 28.5. The maximum absolute atomic E-state index is 5.96. The molecule has 4 rings (SSSR count). The molecule has 0 saturated heterocycles. The van der Waals surface area contributed by atoms with E-state index in [2.05, 4.69) is 55.0 Å². The summed E-state index contributed by atoms with van der Waals surface area (Å²) in [6.07, 6.45) is 14.7. The minimum Gasteiger partial charge on any atom is -0.374 e. The first-order chi connectivity index (χ1) is 16.5. The molecule has 2 aliphatic rings. The maximum Gasteiger partial charge on any atom is 0.153 e. The quantitative estimate of drug-likeness (QED) is 0.431. The van der Waals surface area contributed by atoms with Gasteiger partial charge in [0.1, 0.15) is 6.61 Å². The van der Waals surface area contributed by atoms with Crippen molar-refractivity contribution in [1.29, 1.82) is 0 Å². The van der Waals surface area contributed by atoms with Crippen molar-refractivity contribution in [2.75, 3.05) is 0 Å². The molecular formula is C30H48N2O2. The standard InChI is InChI=1S/C15H22O.C13H20N2O.C2H6/c1-12-3-7-14(8-4-12)11-16-15-9-5-13(2)6-10-15;1-10-3-5-12(6-4-10)16-9-13-14-7-11(2)8-15-13;1-2/h3-4,7-8,13,15H,5-6,9-11H2,1-2H3;7-8,10,12H,3-6,9H2,1-2H3;1-2H3. The van der Waals surface area contributed by atoms with Gasteiger partial charge >= 0.3 is 0 Å². The zero-order chi connectivity index (χ0) is 24.8. The van der Waals surface area contributed by atoms with E-state index in [1.807, 2.05) is 33.2 Å². The molecule has 1 aromatic carbocycles. The monoisotopic (exact) mass is 468 g/mol. The van der Waals surface area contributed by atoms with Crippen molar-refractivity contribution in [2.45, 2.75) is 118 Å². The molecule has 4 heteroatoms. The second-order valence-corrected chi connectivity index (χ2v) is 10.0. The van der Waals surface area contributed by atoms with E-state index < -0.39 is 0 Å². The lowest BCUT2D eigenvalue weighted by molar-refractivity contribution is 0.00563. The molecule has 1 heterocycles. The van der Waals surface area contributed by atoms with Crippen LogP contribution in [0.5, 0.6) is 0 Å². The number of hydrogen-bond acceptors (Lipinski definition) is 4. The van der Waals surface area contributed by atoms with Crippen molar-refractivity contribution in [1.82, 2.24) is 9.97 Å². The number of benzene rings is 1. The number of rotatable bonds is 6. The van der Waals surface area contributed by atoms with Crippen LogP contribution in [0.25, 0.3) is 0 Å². The van der Waals surface area contributed by atoms with E-state index in [0.29, 0.717) is 18.8 Å². The first-order valence-electron chi connectivity index (χ1n) is 13.5. The van der Waals surface area contributed by atoms with Crippen molar-refractivity contribution >= 4 is 0 Å². The average molecular weight is 469 g/mol. The zero-order valence-corrected chi connectivity index (χ0v) is 22.6. The summed E-state index contributed by atoms with van der Waals surface area (Å²) in [6.45, 7) is 14.1. The number of aryl methyl sites for hydroxylation is 2. The van der Waals surface area contributed by atoms with Gasteiger partial charge in [-0.1, -0.05) is 57.5 Å². The highest BCUT2D eigenvalue weighted by molar-refractivity contribution is 5.20.